The second-order valence-electron chi connectivity index (χ2n) is 7.08. The molecule has 29 heavy (non-hydrogen) atoms. The van der Waals surface area contributed by atoms with Crippen LogP contribution in [0.3, 0.4) is 0 Å². The molecule has 0 aliphatic rings. The predicted octanol–water partition coefficient (Wildman–Crippen LogP) is 5.01. The SMILES string of the molecule is CC[C@H](C(=O)NC(C)C)N(Cc1ccccc1Cl)C(=O)Cc1c(F)cccc1Cl. The van der Waals surface area contributed by atoms with Crippen LogP contribution in [0.25, 0.3) is 0 Å². The lowest BCUT2D eigenvalue weighted by molar-refractivity contribution is -0.141. The minimum Gasteiger partial charge on any atom is -0.352 e. The van der Waals surface area contributed by atoms with Crippen molar-refractivity contribution in [3.05, 3.63) is 69.5 Å². The first-order valence-electron chi connectivity index (χ1n) is 9.50. The Morgan fingerprint density at radius 1 is 1.07 bits per heavy atom. The smallest absolute Gasteiger partial charge is 0.243 e. The average molecular weight is 439 g/mol. The summed E-state index contributed by atoms with van der Waals surface area (Å²) in [6, 6.07) is 10.6. The molecule has 0 spiro atoms. The molecule has 2 amide bonds. The number of halogens is 3. The van der Waals surface area contributed by atoms with E-state index in [-0.39, 0.29) is 35.5 Å². The molecule has 7 heteroatoms. The summed E-state index contributed by atoms with van der Waals surface area (Å²) in [4.78, 5) is 27.4. The van der Waals surface area contributed by atoms with E-state index in [2.05, 4.69) is 5.32 Å². The monoisotopic (exact) mass is 438 g/mol. The molecule has 0 unspecified atom stereocenters. The van der Waals surface area contributed by atoms with Crippen molar-refractivity contribution in [2.75, 3.05) is 0 Å². The molecular weight excluding hydrogens is 414 g/mol. The lowest BCUT2D eigenvalue weighted by Gasteiger charge is -2.31. The van der Waals surface area contributed by atoms with Crippen LogP contribution in [0, 0.1) is 5.82 Å². The third-order valence-corrected chi connectivity index (χ3v) is 5.23. The fourth-order valence-corrected chi connectivity index (χ4v) is 3.49. The van der Waals surface area contributed by atoms with Crippen LogP contribution in [-0.2, 0) is 22.6 Å². The summed E-state index contributed by atoms with van der Waals surface area (Å²) in [6.07, 6.45) is 0.154. The Morgan fingerprint density at radius 2 is 1.72 bits per heavy atom. The summed E-state index contributed by atoms with van der Waals surface area (Å²) >= 11 is 12.4. The van der Waals surface area contributed by atoms with E-state index in [1.165, 1.54) is 23.1 Å². The van der Waals surface area contributed by atoms with Crippen LogP contribution in [0.4, 0.5) is 4.39 Å². The molecule has 2 aromatic carbocycles. The van der Waals surface area contributed by atoms with Crippen LogP contribution in [0.1, 0.15) is 38.3 Å². The maximum absolute atomic E-state index is 14.2. The van der Waals surface area contributed by atoms with Gasteiger partial charge in [-0.3, -0.25) is 9.59 Å². The van der Waals surface area contributed by atoms with Gasteiger partial charge in [-0.05, 0) is 44.0 Å². The molecule has 0 saturated heterocycles. The van der Waals surface area contributed by atoms with Crippen LogP contribution >= 0.6 is 23.2 Å². The molecule has 0 aromatic heterocycles. The van der Waals surface area contributed by atoms with Crippen molar-refractivity contribution < 1.29 is 14.0 Å². The van der Waals surface area contributed by atoms with Gasteiger partial charge in [-0.15, -0.1) is 0 Å². The molecule has 4 nitrogen and oxygen atoms in total. The summed E-state index contributed by atoms with van der Waals surface area (Å²) in [5, 5.41) is 3.52. The molecule has 2 rings (SSSR count). The summed E-state index contributed by atoms with van der Waals surface area (Å²) < 4.78 is 14.2. The number of carbonyl (C=O) groups excluding carboxylic acids is 2. The van der Waals surface area contributed by atoms with E-state index in [1.807, 2.05) is 26.8 Å². The molecule has 0 fully saturated rings. The van der Waals surface area contributed by atoms with Crippen molar-refractivity contribution in [3.8, 4) is 0 Å². The Kier molecular flexibility index (Phi) is 8.47. The number of carbonyl (C=O) groups is 2. The normalized spacial score (nSPS) is 12.0. The van der Waals surface area contributed by atoms with Gasteiger partial charge in [0.15, 0.2) is 0 Å². The van der Waals surface area contributed by atoms with E-state index < -0.39 is 17.8 Å². The molecule has 0 aliphatic carbocycles. The Morgan fingerprint density at radius 3 is 2.31 bits per heavy atom. The number of hydrogen-bond acceptors (Lipinski definition) is 2. The molecule has 0 saturated carbocycles. The highest BCUT2D eigenvalue weighted by Crippen LogP contribution is 2.23. The second-order valence-corrected chi connectivity index (χ2v) is 7.89. The third kappa shape index (κ3) is 6.18. The van der Waals surface area contributed by atoms with Crippen molar-refractivity contribution in [1.29, 1.82) is 0 Å². The summed E-state index contributed by atoms with van der Waals surface area (Å²) in [5.41, 5.74) is 0.820. The number of amides is 2. The Hall–Kier alpha value is -2.11. The van der Waals surface area contributed by atoms with E-state index in [0.717, 1.165) is 0 Å². The topological polar surface area (TPSA) is 49.4 Å². The van der Waals surface area contributed by atoms with Crippen molar-refractivity contribution in [2.24, 2.45) is 0 Å². The predicted molar refractivity (Wildman–Crippen MR) is 114 cm³/mol. The van der Waals surface area contributed by atoms with E-state index in [1.54, 1.807) is 18.2 Å². The van der Waals surface area contributed by atoms with Crippen molar-refractivity contribution in [1.82, 2.24) is 10.2 Å². The molecule has 1 atom stereocenters. The molecule has 0 heterocycles. The zero-order valence-electron chi connectivity index (χ0n) is 16.7. The molecule has 1 N–H and O–H groups in total. The van der Waals surface area contributed by atoms with Gasteiger partial charge in [-0.2, -0.15) is 0 Å². The van der Waals surface area contributed by atoms with Crippen LogP contribution in [0.2, 0.25) is 10.0 Å². The lowest BCUT2D eigenvalue weighted by atomic mass is 10.1. The largest absolute Gasteiger partial charge is 0.352 e. The quantitative estimate of drug-likeness (QED) is 0.629. The van der Waals surface area contributed by atoms with Crippen molar-refractivity contribution in [2.45, 2.75) is 52.2 Å². The standard InChI is InChI=1S/C22H25Cl2FN2O2/c1-4-20(22(29)26-14(2)3)27(13-15-8-5-6-9-17(15)23)21(28)12-16-18(24)10-7-11-19(16)25/h5-11,14,20H,4,12-13H2,1-3H3,(H,26,29)/t20-/m1/s1. The van der Waals surface area contributed by atoms with Gasteiger partial charge in [-0.25, -0.2) is 4.39 Å². The van der Waals surface area contributed by atoms with Gasteiger partial charge < -0.3 is 10.2 Å². The van der Waals surface area contributed by atoms with E-state index in [0.29, 0.717) is 17.0 Å². The summed E-state index contributed by atoms with van der Waals surface area (Å²) in [5.74, 6) is -1.21. The van der Waals surface area contributed by atoms with Gasteiger partial charge in [0, 0.05) is 28.2 Å². The van der Waals surface area contributed by atoms with Crippen LogP contribution in [0.5, 0.6) is 0 Å². The van der Waals surface area contributed by atoms with E-state index >= 15 is 0 Å². The first kappa shape index (κ1) is 23.2. The number of nitrogens with zero attached hydrogens (tertiary/aromatic N) is 1. The number of nitrogens with one attached hydrogen (secondary N) is 1. The fourth-order valence-electron chi connectivity index (χ4n) is 3.06. The Bertz CT molecular complexity index is 853. The van der Waals surface area contributed by atoms with Crippen LogP contribution < -0.4 is 5.32 Å². The fraction of sp³-hybridized carbons (Fsp3) is 0.364. The summed E-state index contributed by atoms with van der Waals surface area (Å²) in [7, 11) is 0. The first-order chi connectivity index (χ1) is 13.7. The van der Waals surface area contributed by atoms with E-state index in [9.17, 15) is 14.0 Å². The van der Waals surface area contributed by atoms with Crippen LogP contribution in [-0.4, -0.2) is 28.8 Å². The number of rotatable bonds is 8. The average Bonchev–Trinajstić information content (AvgIpc) is 2.65. The molecule has 0 radical (unpaired) electrons. The molecule has 0 bridgehead atoms. The van der Waals surface area contributed by atoms with Gasteiger partial charge in [-0.1, -0.05) is 54.4 Å². The van der Waals surface area contributed by atoms with Crippen LogP contribution in [0.15, 0.2) is 42.5 Å². The zero-order chi connectivity index (χ0) is 21.6. The molecule has 0 aliphatic heterocycles. The highest BCUT2D eigenvalue weighted by atomic mass is 35.5. The lowest BCUT2D eigenvalue weighted by Crippen LogP contribution is -2.50. The van der Waals surface area contributed by atoms with Gasteiger partial charge in [0.25, 0.3) is 0 Å². The highest BCUT2D eigenvalue weighted by molar-refractivity contribution is 6.31. The second kappa shape index (κ2) is 10.6. The molecular formula is C22H25Cl2FN2O2. The Labute approximate surface area is 181 Å². The Balaban J connectivity index is 2.38. The van der Waals surface area contributed by atoms with Gasteiger partial charge in [0.1, 0.15) is 11.9 Å². The first-order valence-corrected chi connectivity index (χ1v) is 10.3. The molecule has 156 valence electrons. The third-order valence-electron chi connectivity index (χ3n) is 4.51. The number of hydrogen-bond donors (Lipinski definition) is 1. The molecule has 2 aromatic rings. The zero-order valence-corrected chi connectivity index (χ0v) is 18.2. The summed E-state index contributed by atoms with van der Waals surface area (Å²) in [6.45, 7) is 5.66. The minimum atomic E-state index is -0.716. The van der Waals surface area contributed by atoms with Crippen molar-refractivity contribution in [3.63, 3.8) is 0 Å². The maximum atomic E-state index is 14.2. The highest BCUT2D eigenvalue weighted by Gasteiger charge is 2.30. The van der Waals surface area contributed by atoms with Gasteiger partial charge in [0.2, 0.25) is 11.8 Å². The maximum Gasteiger partial charge on any atom is 0.243 e. The van der Waals surface area contributed by atoms with Gasteiger partial charge in [0.05, 0.1) is 6.42 Å². The van der Waals surface area contributed by atoms with E-state index in [4.69, 9.17) is 23.2 Å². The minimum absolute atomic E-state index is 0.0742. The number of benzene rings is 2. The van der Waals surface area contributed by atoms with Crippen molar-refractivity contribution >= 4 is 35.0 Å². The van der Waals surface area contributed by atoms with Gasteiger partial charge >= 0.3 is 0 Å².